The maximum Gasteiger partial charge on any atom is 0.243 e. The van der Waals surface area contributed by atoms with Crippen LogP contribution in [-0.4, -0.2) is 47.7 Å². The first kappa shape index (κ1) is 19.6. The number of aryl methyl sites for hydroxylation is 1. The Labute approximate surface area is 153 Å². The number of sulfonamides is 1. The molecule has 1 N–H and O–H groups in total. The van der Waals surface area contributed by atoms with Crippen LogP contribution < -0.4 is 5.32 Å². The normalized spacial score (nSPS) is 18.6. The Morgan fingerprint density at radius 1 is 1.28 bits per heavy atom. The van der Waals surface area contributed by atoms with Crippen molar-refractivity contribution in [3.63, 3.8) is 0 Å². The predicted molar refractivity (Wildman–Crippen MR) is 96.4 cm³/mol. The fraction of sp³-hybridized carbons (Fsp3) is 0.375. The molecular formula is C16H21ClN4O3S. The molecule has 0 saturated carbocycles. The van der Waals surface area contributed by atoms with Gasteiger partial charge in [-0.1, -0.05) is 12.1 Å². The summed E-state index contributed by atoms with van der Waals surface area (Å²) in [7, 11) is -1.82. The van der Waals surface area contributed by atoms with Crippen LogP contribution in [0.1, 0.15) is 29.1 Å². The van der Waals surface area contributed by atoms with E-state index in [-0.39, 0.29) is 29.1 Å². The van der Waals surface area contributed by atoms with Gasteiger partial charge in [-0.15, -0.1) is 12.4 Å². The summed E-state index contributed by atoms with van der Waals surface area (Å²) >= 11 is 0. The van der Waals surface area contributed by atoms with Crippen LogP contribution in [-0.2, 0) is 17.1 Å². The van der Waals surface area contributed by atoms with Crippen LogP contribution in [0, 0.1) is 0 Å². The van der Waals surface area contributed by atoms with Gasteiger partial charge in [-0.05, 0) is 19.1 Å². The number of benzene rings is 1. The Hall–Kier alpha value is -1.74. The van der Waals surface area contributed by atoms with E-state index in [9.17, 15) is 13.2 Å². The summed E-state index contributed by atoms with van der Waals surface area (Å²) < 4.78 is 29.4. The summed E-state index contributed by atoms with van der Waals surface area (Å²) in [5.41, 5.74) is 0.495. The second kappa shape index (κ2) is 7.65. The van der Waals surface area contributed by atoms with Gasteiger partial charge in [0, 0.05) is 44.6 Å². The van der Waals surface area contributed by atoms with Gasteiger partial charge >= 0.3 is 0 Å². The topological polar surface area (TPSA) is 84.3 Å². The van der Waals surface area contributed by atoms with E-state index in [1.54, 1.807) is 24.5 Å². The fourth-order valence-electron chi connectivity index (χ4n) is 2.89. The highest BCUT2D eigenvalue weighted by atomic mass is 35.5. The SMILES string of the molecule is CC(=O)c1ccc(S(=O)(=O)N2CCNCC2c2nccn2C)cc1.Cl. The first-order valence-corrected chi connectivity index (χ1v) is 9.16. The minimum atomic E-state index is -3.67. The molecular weight excluding hydrogens is 364 g/mol. The minimum Gasteiger partial charge on any atom is -0.337 e. The molecule has 3 rings (SSSR count). The molecule has 136 valence electrons. The molecule has 2 aromatic rings. The van der Waals surface area contributed by atoms with Crippen LogP contribution in [0.3, 0.4) is 0 Å². The third-order valence-corrected chi connectivity index (χ3v) is 6.14. The van der Waals surface area contributed by atoms with Gasteiger partial charge in [0.25, 0.3) is 0 Å². The van der Waals surface area contributed by atoms with Crippen LogP contribution in [0.4, 0.5) is 0 Å². The van der Waals surface area contributed by atoms with Gasteiger partial charge in [0.2, 0.25) is 10.0 Å². The highest BCUT2D eigenvalue weighted by Crippen LogP contribution is 2.28. The molecule has 0 amide bonds. The first-order chi connectivity index (χ1) is 11.4. The number of Topliss-reactive ketones (excluding diaryl/α,β-unsaturated/α-hetero) is 1. The standard InChI is InChI=1S/C16H20N4O3S.ClH/c1-12(21)13-3-5-14(6-4-13)24(22,23)20-10-7-17-11-15(20)16-18-8-9-19(16)2;/h3-6,8-9,15,17H,7,10-11H2,1-2H3;1H. The number of carbonyl (C=O) groups excluding carboxylic acids is 1. The van der Waals surface area contributed by atoms with E-state index in [1.807, 2.05) is 11.6 Å². The number of nitrogens with one attached hydrogen (secondary N) is 1. The molecule has 0 spiro atoms. The molecule has 2 heterocycles. The number of rotatable bonds is 4. The lowest BCUT2D eigenvalue weighted by Gasteiger charge is -2.34. The summed E-state index contributed by atoms with van der Waals surface area (Å²) in [5.74, 6) is 0.609. The Kier molecular flexibility index (Phi) is 5.99. The van der Waals surface area contributed by atoms with Crippen LogP contribution in [0.15, 0.2) is 41.6 Å². The molecule has 1 aliphatic rings. The van der Waals surface area contributed by atoms with E-state index in [2.05, 4.69) is 10.3 Å². The maximum atomic E-state index is 13.1. The van der Waals surface area contributed by atoms with Crippen LogP contribution in [0.5, 0.6) is 0 Å². The van der Waals surface area contributed by atoms with Crippen molar-refractivity contribution in [3.05, 3.63) is 48.0 Å². The fourth-order valence-corrected chi connectivity index (χ4v) is 4.47. The van der Waals surface area contributed by atoms with Crippen molar-refractivity contribution in [2.75, 3.05) is 19.6 Å². The van der Waals surface area contributed by atoms with Gasteiger partial charge in [0.05, 0.1) is 10.9 Å². The predicted octanol–water partition coefficient (Wildman–Crippen LogP) is 1.38. The van der Waals surface area contributed by atoms with Crippen molar-refractivity contribution in [3.8, 4) is 0 Å². The number of piperazine rings is 1. The lowest BCUT2D eigenvalue weighted by Crippen LogP contribution is -2.49. The molecule has 0 radical (unpaired) electrons. The molecule has 1 atom stereocenters. The molecule has 9 heteroatoms. The molecule has 1 aliphatic heterocycles. The Balaban J connectivity index is 0.00000225. The minimum absolute atomic E-state index is 0. The van der Waals surface area contributed by atoms with E-state index in [0.29, 0.717) is 31.0 Å². The molecule has 1 aromatic carbocycles. The molecule has 1 fully saturated rings. The zero-order valence-corrected chi connectivity index (χ0v) is 15.7. The smallest absolute Gasteiger partial charge is 0.243 e. The lowest BCUT2D eigenvalue weighted by molar-refractivity contribution is 0.101. The summed E-state index contributed by atoms with van der Waals surface area (Å²) in [6.45, 7) is 2.92. The van der Waals surface area contributed by atoms with E-state index in [4.69, 9.17) is 0 Å². The quantitative estimate of drug-likeness (QED) is 0.805. The van der Waals surface area contributed by atoms with Gasteiger partial charge in [-0.2, -0.15) is 4.31 Å². The zero-order chi connectivity index (χ0) is 17.3. The van der Waals surface area contributed by atoms with Crippen LogP contribution in [0.25, 0.3) is 0 Å². The molecule has 1 aromatic heterocycles. The Bertz CT molecular complexity index is 849. The van der Waals surface area contributed by atoms with Gasteiger partial charge in [0.1, 0.15) is 5.82 Å². The Morgan fingerprint density at radius 2 is 1.96 bits per heavy atom. The first-order valence-electron chi connectivity index (χ1n) is 7.72. The van der Waals surface area contributed by atoms with Crippen LogP contribution in [0.2, 0.25) is 0 Å². The van der Waals surface area contributed by atoms with E-state index >= 15 is 0 Å². The summed E-state index contributed by atoms with van der Waals surface area (Å²) in [4.78, 5) is 15.9. The van der Waals surface area contributed by atoms with Crippen molar-refractivity contribution in [1.29, 1.82) is 0 Å². The van der Waals surface area contributed by atoms with Gasteiger partial charge in [-0.25, -0.2) is 13.4 Å². The number of hydrogen-bond acceptors (Lipinski definition) is 5. The highest BCUT2D eigenvalue weighted by Gasteiger charge is 2.36. The Morgan fingerprint density at radius 3 is 2.52 bits per heavy atom. The van der Waals surface area contributed by atoms with Crippen molar-refractivity contribution < 1.29 is 13.2 Å². The summed E-state index contributed by atoms with van der Waals surface area (Å²) in [6, 6.07) is 5.71. The van der Waals surface area contributed by atoms with Gasteiger partial charge in [0.15, 0.2) is 5.78 Å². The van der Waals surface area contributed by atoms with Crippen molar-refractivity contribution in [2.24, 2.45) is 7.05 Å². The second-order valence-corrected chi connectivity index (χ2v) is 7.70. The molecule has 0 aliphatic carbocycles. The lowest BCUT2D eigenvalue weighted by atomic mass is 10.2. The van der Waals surface area contributed by atoms with Crippen molar-refractivity contribution in [2.45, 2.75) is 17.9 Å². The van der Waals surface area contributed by atoms with Crippen molar-refractivity contribution in [1.82, 2.24) is 19.2 Å². The third kappa shape index (κ3) is 3.77. The molecule has 1 saturated heterocycles. The number of hydrogen-bond donors (Lipinski definition) is 1. The monoisotopic (exact) mass is 384 g/mol. The van der Waals surface area contributed by atoms with E-state index < -0.39 is 10.0 Å². The number of imidazole rings is 1. The second-order valence-electron chi connectivity index (χ2n) is 5.81. The van der Waals surface area contributed by atoms with E-state index in [1.165, 1.54) is 23.4 Å². The number of halogens is 1. The zero-order valence-electron chi connectivity index (χ0n) is 14.0. The molecule has 0 bridgehead atoms. The molecule has 1 unspecified atom stereocenters. The number of nitrogens with zero attached hydrogens (tertiary/aromatic N) is 3. The average molecular weight is 385 g/mol. The maximum absolute atomic E-state index is 13.1. The highest BCUT2D eigenvalue weighted by molar-refractivity contribution is 7.89. The number of carbonyl (C=O) groups is 1. The number of aromatic nitrogens is 2. The average Bonchev–Trinajstić information content (AvgIpc) is 3.01. The summed E-state index contributed by atoms with van der Waals surface area (Å²) in [6.07, 6.45) is 3.47. The van der Waals surface area contributed by atoms with Crippen LogP contribution >= 0.6 is 12.4 Å². The van der Waals surface area contributed by atoms with Crippen molar-refractivity contribution >= 4 is 28.2 Å². The summed E-state index contributed by atoms with van der Waals surface area (Å²) in [5, 5.41) is 3.22. The molecule has 25 heavy (non-hydrogen) atoms. The van der Waals surface area contributed by atoms with Gasteiger partial charge in [-0.3, -0.25) is 4.79 Å². The number of ketones is 1. The van der Waals surface area contributed by atoms with E-state index in [0.717, 1.165) is 0 Å². The third-order valence-electron chi connectivity index (χ3n) is 4.22. The van der Waals surface area contributed by atoms with Gasteiger partial charge < -0.3 is 9.88 Å². The largest absolute Gasteiger partial charge is 0.337 e. The molecule has 7 nitrogen and oxygen atoms in total.